The Bertz CT molecular complexity index is 489. The molecule has 0 saturated carbocycles. The quantitative estimate of drug-likeness (QED) is 0.816. The third-order valence-electron chi connectivity index (χ3n) is 2.65. The van der Waals surface area contributed by atoms with Gasteiger partial charge in [0.1, 0.15) is 11.4 Å². The molecule has 0 radical (unpaired) electrons. The van der Waals surface area contributed by atoms with E-state index in [0.717, 1.165) is 10.0 Å². The highest BCUT2D eigenvalue weighted by molar-refractivity contribution is 9.10. The standard InChI is InChI=1S/C15H22BrFN2O2/c1-15(2,3)21-14(20)19(4)8-7-18-10-11-9-12(17)5-6-13(11)16/h5-6,9,18H,7-8,10H2,1-4H3. The minimum absolute atomic E-state index is 0.263. The molecule has 0 aliphatic heterocycles. The summed E-state index contributed by atoms with van der Waals surface area (Å²) in [4.78, 5) is 13.3. The van der Waals surface area contributed by atoms with E-state index in [0.29, 0.717) is 19.6 Å². The minimum atomic E-state index is -0.495. The van der Waals surface area contributed by atoms with Crippen molar-refractivity contribution in [3.63, 3.8) is 0 Å². The Hall–Kier alpha value is -1.14. The topological polar surface area (TPSA) is 41.6 Å². The second kappa shape index (κ2) is 7.75. The van der Waals surface area contributed by atoms with Crippen LogP contribution in [0, 0.1) is 5.82 Å². The summed E-state index contributed by atoms with van der Waals surface area (Å²) in [6, 6.07) is 4.57. The van der Waals surface area contributed by atoms with Crippen LogP contribution in [0.1, 0.15) is 26.3 Å². The first-order chi connectivity index (χ1) is 9.69. The smallest absolute Gasteiger partial charge is 0.410 e. The van der Waals surface area contributed by atoms with E-state index in [1.165, 1.54) is 17.0 Å². The normalized spacial score (nSPS) is 11.3. The number of amides is 1. The summed E-state index contributed by atoms with van der Waals surface area (Å²) in [6.45, 7) is 7.14. The molecule has 0 saturated heterocycles. The average molecular weight is 361 g/mol. The van der Waals surface area contributed by atoms with Crippen LogP contribution in [-0.4, -0.2) is 36.7 Å². The molecular weight excluding hydrogens is 339 g/mol. The van der Waals surface area contributed by atoms with E-state index >= 15 is 0 Å². The fraction of sp³-hybridized carbons (Fsp3) is 0.533. The Balaban J connectivity index is 2.34. The molecule has 0 spiro atoms. The summed E-state index contributed by atoms with van der Waals surface area (Å²) in [5.41, 5.74) is 0.348. The van der Waals surface area contributed by atoms with Gasteiger partial charge in [-0.1, -0.05) is 15.9 Å². The van der Waals surface area contributed by atoms with E-state index in [1.54, 1.807) is 13.1 Å². The van der Waals surface area contributed by atoms with Crippen molar-refractivity contribution in [2.24, 2.45) is 0 Å². The lowest BCUT2D eigenvalue weighted by Crippen LogP contribution is -2.37. The molecule has 118 valence electrons. The zero-order valence-electron chi connectivity index (χ0n) is 12.9. The molecule has 21 heavy (non-hydrogen) atoms. The molecule has 6 heteroatoms. The second-order valence-electron chi connectivity index (χ2n) is 5.81. The van der Waals surface area contributed by atoms with Gasteiger partial charge in [-0.15, -0.1) is 0 Å². The third kappa shape index (κ3) is 6.91. The van der Waals surface area contributed by atoms with Crippen molar-refractivity contribution in [3.05, 3.63) is 34.1 Å². The average Bonchev–Trinajstić information content (AvgIpc) is 2.36. The van der Waals surface area contributed by atoms with Crippen LogP contribution < -0.4 is 5.32 Å². The number of carbonyl (C=O) groups is 1. The van der Waals surface area contributed by atoms with Crippen LogP contribution in [0.5, 0.6) is 0 Å². The zero-order chi connectivity index (χ0) is 16.0. The molecule has 1 amide bonds. The maximum atomic E-state index is 13.1. The third-order valence-corrected chi connectivity index (χ3v) is 3.43. The van der Waals surface area contributed by atoms with Gasteiger partial charge in [0.05, 0.1) is 0 Å². The zero-order valence-corrected chi connectivity index (χ0v) is 14.5. The molecule has 0 bridgehead atoms. The van der Waals surface area contributed by atoms with Crippen LogP contribution in [0.15, 0.2) is 22.7 Å². The lowest BCUT2D eigenvalue weighted by Gasteiger charge is -2.24. The van der Waals surface area contributed by atoms with E-state index in [-0.39, 0.29) is 11.9 Å². The van der Waals surface area contributed by atoms with E-state index in [2.05, 4.69) is 21.2 Å². The summed E-state index contributed by atoms with van der Waals surface area (Å²) in [6.07, 6.45) is -0.351. The van der Waals surface area contributed by atoms with Gasteiger partial charge >= 0.3 is 6.09 Å². The molecule has 0 atom stereocenters. The van der Waals surface area contributed by atoms with Crippen molar-refractivity contribution in [2.75, 3.05) is 20.1 Å². The highest BCUT2D eigenvalue weighted by Gasteiger charge is 2.19. The van der Waals surface area contributed by atoms with Crippen molar-refractivity contribution in [3.8, 4) is 0 Å². The lowest BCUT2D eigenvalue weighted by molar-refractivity contribution is 0.0300. The van der Waals surface area contributed by atoms with Crippen LogP contribution in [0.25, 0.3) is 0 Å². The van der Waals surface area contributed by atoms with E-state index < -0.39 is 5.60 Å². The molecule has 0 aromatic heterocycles. The first-order valence-electron chi connectivity index (χ1n) is 6.78. The number of likely N-dealkylation sites (N-methyl/N-ethyl adjacent to an activating group) is 1. The van der Waals surface area contributed by atoms with Gasteiger partial charge in [-0.2, -0.15) is 0 Å². The molecule has 1 N–H and O–H groups in total. The summed E-state index contributed by atoms with van der Waals surface area (Å²) in [5.74, 6) is -0.263. The van der Waals surface area contributed by atoms with Crippen molar-refractivity contribution in [1.29, 1.82) is 0 Å². The Labute approximate surface area is 133 Å². The number of ether oxygens (including phenoxy) is 1. The van der Waals surface area contributed by atoms with Crippen LogP contribution >= 0.6 is 15.9 Å². The summed E-state index contributed by atoms with van der Waals surface area (Å²) in [7, 11) is 1.69. The molecule has 0 aliphatic carbocycles. The Morgan fingerprint density at radius 2 is 2.10 bits per heavy atom. The summed E-state index contributed by atoms with van der Waals surface area (Å²) in [5, 5.41) is 3.17. The highest BCUT2D eigenvalue weighted by Crippen LogP contribution is 2.17. The SMILES string of the molecule is CN(CCNCc1cc(F)ccc1Br)C(=O)OC(C)(C)C. The van der Waals surface area contributed by atoms with Crippen LogP contribution in [0.4, 0.5) is 9.18 Å². The maximum absolute atomic E-state index is 13.1. The van der Waals surface area contributed by atoms with Gasteiger partial charge in [-0.25, -0.2) is 9.18 Å². The molecule has 1 aromatic rings. The number of hydrogen-bond acceptors (Lipinski definition) is 3. The molecule has 1 aromatic carbocycles. The molecule has 0 aliphatic rings. The number of rotatable bonds is 5. The molecule has 0 unspecified atom stereocenters. The Morgan fingerprint density at radius 1 is 1.43 bits per heavy atom. The van der Waals surface area contributed by atoms with Crippen LogP contribution in [-0.2, 0) is 11.3 Å². The van der Waals surface area contributed by atoms with E-state index in [9.17, 15) is 9.18 Å². The van der Waals surface area contributed by atoms with Crippen LogP contribution in [0.3, 0.4) is 0 Å². The highest BCUT2D eigenvalue weighted by atomic mass is 79.9. The first kappa shape index (κ1) is 17.9. The van der Waals surface area contributed by atoms with Gasteiger partial charge < -0.3 is 15.0 Å². The number of nitrogens with one attached hydrogen (secondary N) is 1. The predicted octanol–water partition coefficient (Wildman–Crippen LogP) is 3.54. The molecular formula is C15H22BrFN2O2. The first-order valence-corrected chi connectivity index (χ1v) is 7.57. The molecule has 1 rings (SSSR count). The van der Waals surface area contributed by atoms with Gasteiger partial charge in [0.25, 0.3) is 0 Å². The number of halogens is 2. The predicted molar refractivity (Wildman–Crippen MR) is 84.7 cm³/mol. The summed E-state index contributed by atoms with van der Waals surface area (Å²) >= 11 is 3.38. The minimum Gasteiger partial charge on any atom is -0.444 e. The van der Waals surface area contributed by atoms with Crippen molar-refractivity contribution >= 4 is 22.0 Å². The fourth-order valence-electron chi connectivity index (χ4n) is 1.58. The molecule has 4 nitrogen and oxygen atoms in total. The number of nitrogens with zero attached hydrogens (tertiary/aromatic N) is 1. The molecule has 0 heterocycles. The van der Waals surface area contributed by atoms with E-state index in [1.807, 2.05) is 20.8 Å². The van der Waals surface area contributed by atoms with Gasteiger partial charge in [-0.3, -0.25) is 0 Å². The number of hydrogen-bond donors (Lipinski definition) is 1. The Morgan fingerprint density at radius 3 is 2.71 bits per heavy atom. The Kier molecular flexibility index (Phi) is 6.61. The van der Waals surface area contributed by atoms with Crippen molar-refractivity contribution < 1.29 is 13.9 Å². The van der Waals surface area contributed by atoms with Gasteiger partial charge in [0.2, 0.25) is 0 Å². The van der Waals surface area contributed by atoms with Gasteiger partial charge in [0, 0.05) is 31.2 Å². The molecule has 0 fully saturated rings. The van der Waals surface area contributed by atoms with Gasteiger partial charge in [0.15, 0.2) is 0 Å². The number of carbonyl (C=O) groups excluding carboxylic acids is 1. The van der Waals surface area contributed by atoms with Gasteiger partial charge in [-0.05, 0) is 44.5 Å². The monoisotopic (exact) mass is 360 g/mol. The summed E-state index contributed by atoms with van der Waals surface area (Å²) < 4.78 is 19.2. The van der Waals surface area contributed by atoms with Crippen molar-refractivity contribution in [1.82, 2.24) is 10.2 Å². The van der Waals surface area contributed by atoms with E-state index in [4.69, 9.17) is 4.74 Å². The van der Waals surface area contributed by atoms with Crippen molar-refractivity contribution in [2.45, 2.75) is 32.9 Å². The largest absolute Gasteiger partial charge is 0.444 e. The fourth-order valence-corrected chi connectivity index (χ4v) is 1.97. The maximum Gasteiger partial charge on any atom is 0.410 e. The number of benzene rings is 1. The second-order valence-corrected chi connectivity index (χ2v) is 6.67. The van der Waals surface area contributed by atoms with Crippen LogP contribution in [0.2, 0.25) is 0 Å². The lowest BCUT2D eigenvalue weighted by atomic mass is 10.2.